The summed E-state index contributed by atoms with van der Waals surface area (Å²) >= 11 is 1.82. The molecule has 112 valence electrons. The highest BCUT2D eigenvalue weighted by atomic mass is 32.2. The molecule has 2 nitrogen and oxygen atoms in total. The molecule has 0 saturated heterocycles. The molecule has 2 aromatic rings. The lowest BCUT2D eigenvalue weighted by molar-refractivity contribution is 0.414. The second kappa shape index (κ2) is 7.53. The molecule has 0 radical (unpaired) electrons. The molecule has 0 aliphatic heterocycles. The lowest BCUT2D eigenvalue weighted by atomic mass is 10.0. The third-order valence-corrected chi connectivity index (χ3v) is 5.01. The van der Waals surface area contributed by atoms with Crippen molar-refractivity contribution in [2.75, 3.05) is 7.11 Å². The zero-order valence-electron chi connectivity index (χ0n) is 12.9. The van der Waals surface area contributed by atoms with E-state index in [0.717, 1.165) is 12.2 Å². The van der Waals surface area contributed by atoms with E-state index < -0.39 is 0 Å². The van der Waals surface area contributed by atoms with E-state index in [1.807, 2.05) is 23.9 Å². The third kappa shape index (κ3) is 4.26. The van der Waals surface area contributed by atoms with Crippen LogP contribution in [0.1, 0.15) is 29.7 Å². The van der Waals surface area contributed by atoms with E-state index in [4.69, 9.17) is 10.5 Å². The predicted octanol–water partition coefficient (Wildman–Crippen LogP) is 4.57. The van der Waals surface area contributed by atoms with Crippen LogP contribution in [0.2, 0.25) is 0 Å². The zero-order valence-corrected chi connectivity index (χ0v) is 13.7. The van der Waals surface area contributed by atoms with Gasteiger partial charge in [0.05, 0.1) is 7.11 Å². The van der Waals surface area contributed by atoms with Crippen molar-refractivity contribution in [3.63, 3.8) is 0 Å². The Morgan fingerprint density at radius 2 is 1.67 bits per heavy atom. The molecule has 2 unspecified atom stereocenters. The monoisotopic (exact) mass is 301 g/mol. The number of thioether (sulfide) groups is 1. The quantitative estimate of drug-likeness (QED) is 0.794. The SMILES string of the molecule is CCC(N)C(Sc1ccc(OC)cc1)c1ccc(C)cc1. The molecular weight excluding hydrogens is 278 g/mol. The Balaban J connectivity index is 2.21. The van der Waals surface area contributed by atoms with Crippen LogP contribution in [0.4, 0.5) is 0 Å². The van der Waals surface area contributed by atoms with Crippen molar-refractivity contribution in [2.45, 2.75) is 36.5 Å². The Kier molecular flexibility index (Phi) is 5.71. The summed E-state index contributed by atoms with van der Waals surface area (Å²) in [6.07, 6.45) is 0.960. The van der Waals surface area contributed by atoms with Crippen LogP contribution < -0.4 is 10.5 Å². The highest BCUT2D eigenvalue weighted by molar-refractivity contribution is 7.99. The predicted molar refractivity (Wildman–Crippen MR) is 91.0 cm³/mol. The van der Waals surface area contributed by atoms with Gasteiger partial charge in [0.25, 0.3) is 0 Å². The standard InChI is InChI=1S/C18H23NOS/c1-4-17(19)18(14-7-5-13(2)6-8-14)21-16-11-9-15(20-3)10-12-16/h5-12,17-18H,4,19H2,1-3H3. The van der Waals surface area contributed by atoms with Gasteiger partial charge in [0, 0.05) is 16.2 Å². The van der Waals surface area contributed by atoms with Crippen LogP contribution in [0.3, 0.4) is 0 Å². The van der Waals surface area contributed by atoms with E-state index in [1.54, 1.807) is 7.11 Å². The minimum atomic E-state index is 0.139. The molecule has 2 N–H and O–H groups in total. The zero-order chi connectivity index (χ0) is 15.2. The van der Waals surface area contributed by atoms with Gasteiger partial charge in [-0.1, -0.05) is 36.8 Å². The smallest absolute Gasteiger partial charge is 0.118 e. The molecule has 0 aromatic heterocycles. The molecule has 3 heteroatoms. The fraction of sp³-hybridized carbons (Fsp3) is 0.333. The van der Waals surface area contributed by atoms with E-state index in [0.29, 0.717) is 0 Å². The molecule has 0 aliphatic carbocycles. The largest absolute Gasteiger partial charge is 0.497 e. The topological polar surface area (TPSA) is 35.2 Å². The number of aryl methyl sites for hydroxylation is 1. The van der Waals surface area contributed by atoms with Gasteiger partial charge in [0.2, 0.25) is 0 Å². The molecular formula is C18H23NOS. The molecule has 2 atom stereocenters. The lowest BCUT2D eigenvalue weighted by Crippen LogP contribution is -2.25. The minimum absolute atomic E-state index is 0.139. The van der Waals surface area contributed by atoms with Gasteiger partial charge in [-0.05, 0) is 43.2 Å². The fourth-order valence-corrected chi connectivity index (χ4v) is 3.42. The van der Waals surface area contributed by atoms with Gasteiger partial charge in [0.1, 0.15) is 5.75 Å². The summed E-state index contributed by atoms with van der Waals surface area (Å²) in [5, 5.41) is 0.268. The van der Waals surface area contributed by atoms with E-state index in [-0.39, 0.29) is 11.3 Å². The van der Waals surface area contributed by atoms with Crippen LogP contribution in [0.15, 0.2) is 53.4 Å². The maximum absolute atomic E-state index is 6.35. The molecule has 0 fully saturated rings. The van der Waals surface area contributed by atoms with Gasteiger partial charge in [-0.3, -0.25) is 0 Å². The molecule has 2 aromatic carbocycles. The van der Waals surface area contributed by atoms with Crippen LogP contribution in [-0.4, -0.2) is 13.2 Å². The van der Waals surface area contributed by atoms with Gasteiger partial charge < -0.3 is 10.5 Å². The van der Waals surface area contributed by atoms with Gasteiger partial charge in [-0.15, -0.1) is 11.8 Å². The van der Waals surface area contributed by atoms with Crippen molar-refractivity contribution >= 4 is 11.8 Å². The summed E-state index contributed by atoms with van der Waals surface area (Å²) < 4.78 is 5.21. The highest BCUT2D eigenvalue weighted by Crippen LogP contribution is 2.38. The summed E-state index contributed by atoms with van der Waals surface area (Å²) in [5.74, 6) is 0.881. The lowest BCUT2D eigenvalue weighted by Gasteiger charge is -2.23. The molecule has 0 heterocycles. The molecule has 0 saturated carbocycles. The summed E-state index contributed by atoms with van der Waals surface area (Å²) in [6, 6.07) is 17.0. The van der Waals surface area contributed by atoms with Gasteiger partial charge in [-0.25, -0.2) is 0 Å². The van der Waals surface area contributed by atoms with Crippen LogP contribution in [0.5, 0.6) is 5.75 Å². The van der Waals surface area contributed by atoms with Crippen LogP contribution in [0.25, 0.3) is 0 Å². The van der Waals surface area contributed by atoms with Crippen molar-refractivity contribution in [1.82, 2.24) is 0 Å². The third-order valence-electron chi connectivity index (χ3n) is 3.59. The van der Waals surface area contributed by atoms with Crippen molar-refractivity contribution in [1.29, 1.82) is 0 Å². The number of rotatable bonds is 6. The second-order valence-corrected chi connectivity index (χ2v) is 6.41. The van der Waals surface area contributed by atoms with E-state index in [9.17, 15) is 0 Å². The Morgan fingerprint density at radius 3 is 2.19 bits per heavy atom. The van der Waals surface area contributed by atoms with E-state index in [2.05, 4.69) is 50.2 Å². The Bertz CT molecular complexity index is 550. The summed E-state index contributed by atoms with van der Waals surface area (Å²) in [7, 11) is 1.68. The molecule has 0 amide bonds. The minimum Gasteiger partial charge on any atom is -0.497 e. The maximum Gasteiger partial charge on any atom is 0.118 e. The van der Waals surface area contributed by atoms with Crippen molar-refractivity contribution in [3.8, 4) is 5.75 Å². The van der Waals surface area contributed by atoms with Gasteiger partial charge in [0.15, 0.2) is 0 Å². The number of hydrogen-bond acceptors (Lipinski definition) is 3. The average molecular weight is 301 g/mol. The van der Waals surface area contributed by atoms with Gasteiger partial charge in [-0.2, -0.15) is 0 Å². The molecule has 21 heavy (non-hydrogen) atoms. The maximum atomic E-state index is 6.35. The molecule has 0 bridgehead atoms. The highest BCUT2D eigenvalue weighted by Gasteiger charge is 2.19. The van der Waals surface area contributed by atoms with Gasteiger partial charge >= 0.3 is 0 Å². The molecule has 2 rings (SSSR count). The Morgan fingerprint density at radius 1 is 1.05 bits per heavy atom. The normalized spacial score (nSPS) is 13.7. The number of ether oxygens (including phenoxy) is 1. The van der Waals surface area contributed by atoms with E-state index in [1.165, 1.54) is 16.0 Å². The number of methoxy groups -OCH3 is 1. The van der Waals surface area contributed by atoms with Crippen LogP contribution in [-0.2, 0) is 0 Å². The summed E-state index contributed by atoms with van der Waals surface area (Å²) in [4.78, 5) is 1.21. The Labute approximate surface area is 131 Å². The first-order valence-corrected chi connectivity index (χ1v) is 8.15. The van der Waals surface area contributed by atoms with Crippen LogP contribution in [0, 0.1) is 6.92 Å². The van der Waals surface area contributed by atoms with E-state index >= 15 is 0 Å². The fourth-order valence-electron chi connectivity index (χ4n) is 2.17. The van der Waals surface area contributed by atoms with Crippen LogP contribution >= 0.6 is 11.8 Å². The first-order valence-electron chi connectivity index (χ1n) is 7.27. The molecule has 0 aliphatic rings. The Hall–Kier alpha value is -1.45. The number of benzene rings is 2. The summed E-state index contributed by atoms with van der Waals surface area (Å²) in [5.41, 5.74) is 8.91. The summed E-state index contributed by atoms with van der Waals surface area (Å²) in [6.45, 7) is 4.25. The average Bonchev–Trinajstić information content (AvgIpc) is 2.53. The second-order valence-electron chi connectivity index (χ2n) is 5.20. The first-order chi connectivity index (χ1) is 10.1. The first kappa shape index (κ1) is 15.9. The van der Waals surface area contributed by atoms with Crippen molar-refractivity contribution in [2.24, 2.45) is 5.73 Å². The number of hydrogen-bond donors (Lipinski definition) is 1. The van der Waals surface area contributed by atoms with Crippen molar-refractivity contribution in [3.05, 3.63) is 59.7 Å². The molecule has 0 spiro atoms. The number of nitrogens with two attached hydrogens (primary N) is 1. The van der Waals surface area contributed by atoms with Crippen molar-refractivity contribution < 1.29 is 4.74 Å².